The number of piperazine rings is 1. The van der Waals surface area contributed by atoms with Crippen LogP contribution in [-0.4, -0.2) is 79.0 Å². The van der Waals surface area contributed by atoms with Crippen LogP contribution in [0.5, 0.6) is 0 Å². The average Bonchev–Trinajstić information content (AvgIpc) is 2.90. The molecule has 9 nitrogen and oxygen atoms in total. The van der Waals surface area contributed by atoms with Crippen LogP contribution >= 0.6 is 0 Å². The number of carbonyl (C=O) groups is 1. The molecule has 0 spiro atoms. The van der Waals surface area contributed by atoms with Gasteiger partial charge in [-0.2, -0.15) is 0 Å². The van der Waals surface area contributed by atoms with Crippen molar-refractivity contribution in [1.29, 1.82) is 0 Å². The normalized spacial score (nSPS) is 16.5. The van der Waals surface area contributed by atoms with Crippen molar-refractivity contribution in [3.05, 3.63) is 47.5 Å². The molecule has 5 rings (SSSR count). The van der Waals surface area contributed by atoms with E-state index >= 15 is 4.39 Å². The van der Waals surface area contributed by atoms with Gasteiger partial charge in [0.2, 0.25) is 0 Å². The zero-order valence-electron chi connectivity index (χ0n) is 22.8. The second-order valence-corrected chi connectivity index (χ2v) is 10.8. The lowest BCUT2D eigenvalue weighted by Crippen LogP contribution is -2.50. The number of nitrogens with zero attached hydrogens (tertiary/aromatic N) is 5. The lowest BCUT2D eigenvalue weighted by atomic mass is 10.1. The van der Waals surface area contributed by atoms with Crippen LogP contribution in [0.4, 0.5) is 36.7 Å². The third-order valence-corrected chi connectivity index (χ3v) is 6.77. The maximum atomic E-state index is 15.2. The number of hydrogen-bond acceptors (Lipinski definition) is 8. The molecular formula is C28H34F2N6O3. The van der Waals surface area contributed by atoms with Gasteiger partial charge in [0.15, 0.2) is 0 Å². The van der Waals surface area contributed by atoms with E-state index < -0.39 is 17.2 Å². The Bertz CT molecular complexity index is 1370. The number of rotatable bonds is 4. The molecule has 2 aliphatic heterocycles. The monoisotopic (exact) mass is 540 g/mol. The van der Waals surface area contributed by atoms with Gasteiger partial charge < -0.3 is 29.5 Å². The molecule has 11 heteroatoms. The highest BCUT2D eigenvalue weighted by Crippen LogP contribution is 2.37. The number of aromatic nitrogens is 2. The first-order valence-corrected chi connectivity index (χ1v) is 13.2. The van der Waals surface area contributed by atoms with Gasteiger partial charge in [-0.15, -0.1) is 0 Å². The van der Waals surface area contributed by atoms with Crippen molar-refractivity contribution in [2.24, 2.45) is 0 Å². The van der Waals surface area contributed by atoms with Gasteiger partial charge in [-0.05, 0) is 39.8 Å². The van der Waals surface area contributed by atoms with E-state index in [0.717, 1.165) is 25.0 Å². The summed E-state index contributed by atoms with van der Waals surface area (Å²) in [4.78, 5) is 27.8. The average molecular weight is 541 g/mol. The second-order valence-electron chi connectivity index (χ2n) is 10.8. The van der Waals surface area contributed by atoms with Crippen LogP contribution in [0.2, 0.25) is 0 Å². The van der Waals surface area contributed by atoms with Gasteiger partial charge in [0.25, 0.3) is 0 Å². The Labute approximate surface area is 226 Å². The molecule has 0 aliphatic carbocycles. The molecular weight excluding hydrogens is 506 g/mol. The molecule has 3 aromatic rings. The standard InChI is InChI=1S/C28H34F2N6O3/c1-18-25(33-22-6-5-7-23(32-22)34-12-14-38-15-13-34)24-20(30)16-19(29)17-21(24)31-26(18)35-8-10-36(11-9-35)27(37)39-28(2,3)4/h5-7,16-17H,8-15H2,1-4H3,(H,31,32,33). The quantitative estimate of drug-likeness (QED) is 0.503. The van der Waals surface area contributed by atoms with Crippen LogP contribution in [0.3, 0.4) is 0 Å². The number of fused-ring (bicyclic) bond motifs is 1. The van der Waals surface area contributed by atoms with Gasteiger partial charge in [0.1, 0.15) is 34.7 Å². The summed E-state index contributed by atoms with van der Waals surface area (Å²) in [5.74, 6) is 0.538. The second kappa shape index (κ2) is 10.8. The SMILES string of the molecule is Cc1c(N2CCN(C(=O)OC(C)(C)C)CC2)nc2cc(F)cc(F)c2c1Nc1cccc(N2CCOCC2)n1. The topological polar surface area (TPSA) is 83.1 Å². The Morgan fingerprint density at radius 3 is 2.41 bits per heavy atom. The smallest absolute Gasteiger partial charge is 0.410 e. The predicted molar refractivity (Wildman–Crippen MR) is 147 cm³/mol. The van der Waals surface area contributed by atoms with E-state index in [1.165, 1.54) is 6.07 Å². The van der Waals surface area contributed by atoms with E-state index in [4.69, 9.17) is 14.5 Å². The van der Waals surface area contributed by atoms with Crippen LogP contribution in [0, 0.1) is 18.6 Å². The van der Waals surface area contributed by atoms with Crippen molar-refractivity contribution in [2.45, 2.75) is 33.3 Å². The third kappa shape index (κ3) is 5.98. The van der Waals surface area contributed by atoms with E-state index in [9.17, 15) is 9.18 Å². The van der Waals surface area contributed by atoms with E-state index in [-0.39, 0.29) is 17.0 Å². The van der Waals surface area contributed by atoms with Crippen LogP contribution in [0.1, 0.15) is 26.3 Å². The van der Waals surface area contributed by atoms with E-state index in [2.05, 4.69) is 15.2 Å². The molecule has 0 atom stereocenters. The Morgan fingerprint density at radius 1 is 1.00 bits per heavy atom. The lowest BCUT2D eigenvalue weighted by molar-refractivity contribution is 0.0240. The van der Waals surface area contributed by atoms with Crippen LogP contribution in [0.25, 0.3) is 10.9 Å². The number of hydrogen-bond donors (Lipinski definition) is 1. The van der Waals surface area contributed by atoms with Gasteiger partial charge in [0, 0.05) is 57.0 Å². The largest absolute Gasteiger partial charge is 0.444 e. The molecule has 2 aromatic heterocycles. The van der Waals surface area contributed by atoms with Gasteiger partial charge in [0.05, 0.1) is 29.8 Å². The van der Waals surface area contributed by atoms with Crippen molar-refractivity contribution in [1.82, 2.24) is 14.9 Å². The number of amides is 1. The molecule has 0 unspecified atom stereocenters. The number of halogens is 2. The highest BCUT2D eigenvalue weighted by Gasteiger charge is 2.28. The molecule has 208 valence electrons. The number of ether oxygens (including phenoxy) is 2. The summed E-state index contributed by atoms with van der Waals surface area (Å²) in [5.41, 5.74) is 0.813. The fourth-order valence-corrected chi connectivity index (χ4v) is 4.87. The minimum atomic E-state index is -0.700. The van der Waals surface area contributed by atoms with Crippen molar-refractivity contribution in [3.63, 3.8) is 0 Å². The number of benzene rings is 1. The number of morpholine rings is 1. The zero-order chi connectivity index (χ0) is 27.7. The summed E-state index contributed by atoms with van der Waals surface area (Å²) >= 11 is 0. The van der Waals surface area contributed by atoms with Crippen LogP contribution in [0.15, 0.2) is 30.3 Å². The summed E-state index contributed by atoms with van der Waals surface area (Å²) in [6, 6.07) is 7.74. The summed E-state index contributed by atoms with van der Waals surface area (Å²) in [6.45, 7) is 12.0. The molecule has 39 heavy (non-hydrogen) atoms. The highest BCUT2D eigenvalue weighted by atomic mass is 19.1. The highest BCUT2D eigenvalue weighted by molar-refractivity contribution is 5.97. The Hall–Kier alpha value is -3.73. The van der Waals surface area contributed by atoms with Gasteiger partial charge in [-0.3, -0.25) is 0 Å². The molecule has 1 amide bonds. The molecule has 2 aliphatic rings. The van der Waals surface area contributed by atoms with Crippen LogP contribution in [-0.2, 0) is 9.47 Å². The lowest BCUT2D eigenvalue weighted by Gasteiger charge is -2.37. The van der Waals surface area contributed by atoms with Gasteiger partial charge in [-0.1, -0.05) is 6.07 Å². The van der Waals surface area contributed by atoms with E-state index in [1.54, 1.807) is 4.90 Å². The molecule has 0 radical (unpaired) electrons. The molecule has 1 N–H and O–H groups in total. The Kier molecular flexibility index (Phi) is 7.44. The molecule has 1 aromatic carbocycles. The van der Waals surface area contributed by atoms with Crippen molar-refractivity contribution < 1.29 is 23.0 Å². The summed E-state index contributed by atoms with van der Waals surface area (Å²) in [7, 11) is 0. The summed E-state index contributed by atoms with van der Waals surface area (Å²) < 4.78 is 40.4. The first kappa shape index (κ1) is 26.9. The fraction of sp³-hybridized carbons (Fsp3) is 0.464. The van der Waals surface area contributed by atoms with Crippen molar-refractivity contribution >= 4 is 40.1 Å². The number of carbonyl (C=O) groups excluding carboxylic acids is 1. The number of pyridine rings is 2. The maximum Gasteiger partial charge on any atom is 0.410 e. The fourth-order valence-electron chi connectivity index (χ4n) is 4.87. The summed E-state index contributed by atoms with van der Waals surface area (Å²) in [6.07, 6.45) is -0.358. The first-order valence-electron chi connectivity index (χ1n) is 13.2. The zero-order valence-corrected chi connectivity index (χ0v) is 22.8. The Morgan fingerprint density at radius 2 is 1.72 bits per heavy atom. The number of nitrogens with one attached hydrogen (secondary N) is 1. The molecule has 4 heterocycles. The van der Waals surface area contributed by atoms with E-state index in [1.807, 2.05) is 50.8 Å². The molecule has 2 fully saturated rings. The Balaban J connectivity index is 1.46. The van der Waals surface area contributed by atoms with Crippen molar-refractivity contribution in [2.75, 3.05) is 67.6 Å². The number of anilines is 4. The van der Waals surface area contributed by atoms with Gasteiger partial charge in [-0.25, -0.2) is 23.5 Å². The first-order chi connectivity index (χ1) is 18.6. The minimum absolute atomic E-state index is 0.198. The predicted octanol–water partition coefficient (Wildman–Crippen LogP) is 4.85. The third-order valence-electron chi connectivity index (χ3n) is 6.77. The molecule has 0 bridgehead atoms. The molecule has 2 saturated heterocycles. The van der Waals surface area contributed by atoms with Gasteiger partial charge >= 0.3 is 6.09 Å². The van der Waals surface area contributed by atoms with Crippen LogP contribution < -0.4 is 15.1 Å². The minimum Gasteiger partial charge on any atom is -0.444 e. The summed E-state index contributed by atoms with van der Waals surface area (Å²) in [5, 5.41) is 3.50. The maximum absolute atomic E-state index is 15.2. The molecule has 0 saturated carbocycles. The van der Waals surface area contributed by atoms with E-state index in [0.29, 0.717) is 62.3 Å². The van der Waals surface area contributed by atoms with Crippen molar-refractivity contribution in [3.8, 4) is 0 Å².